The van der Waals surface area contributed by atoms with Crippen LogP contribution in [0.3, 0.4) is 0 Å². The van der Waals surface area contributed by atoms with Gasteiger partial charge in [0, 0.05) is 26.2 Å². The number of nitrogens with one attached hydrogen (secondary N) is 3. The van der Waals surface area contributed by atoms with Gasteiger partial charge in [-0.1, -0.05) is 6.08 Å². The summed E-state index contributed by atoms with van der Waals surface area (Å²) >= 11 is 0. The zero-order chi connectivity index (χ0) is 13.9. The van der Waals surface area contributed by atoms with Crippen molar-refractivity contribution in [3.05, 3.63) is 12.7 Å². The molecule has 114 valence electrons. The Morgan fingerprint density at radius 1 is 1.32 bits per heavy atom. The summed E-state index contributed by atoms with van der Waals surface area (Å²) in [6, 6.07) is 0. The minimum atomic E-state index is -3.09. The summed E-state index contributed by atoms with van der Waals surface area (Å²) in [6.07, 6.45) is 2.42. The number of hydrogen-bond donors (Lipinski definition) is 3. The van der Waals surface area contributed by atoms with Crippen molar-refractivity contribution in [2.75, 3.05) is 31.9 Å². The SMILES string of the molecule is C=CCNC(=NCCCNS(=O)(=O)CC)NCC.I. The maximum atomic E-state index is 11.2. The zero-order valence-electron chi connectivity index (χ0n) is 11.6. The summed E-state index contributed by atoms with van der Waals surface area (Å²) in [4.78, 5) is 4.31. The van der Waals surface area contributed by atoms with Gasteiger partial charge in [-0.2, -0.15) is 0 Å². The van der Waals surface area contributed by atoms with Crippen molar-refractivity contribution in [1.82, 2.24) is 15.4 Å². The molecule has 0 heterocycles. The van der Waals surface area contributed by atoms with E-state index in [1.165, 1.54) is 0 Å². The Morgan fingerprint density at radius 3 is 2.53 bits per heavy atom. The highest BCUT2D eigenvalue weighted by atomic mass is 127. The standard InChI is InChI=1S/C11H24N4O2S.HI/c1-4-8-13-11(12-5-2)14-9-7-10-15-18(16,17)6-3;/h4,15H,1,5-10H2,2-3H3,(H2,12,13,14);1H. The van der Waals surface area contributed by atoms with E-state index < -0.39 is 10.0 Å². The summed E-state index contributed by atoms with van der Waals surface area (Å²) in [6.45, 7) is 9.63. The minimum Gasteiger partial charge on any atom is -0.357 e. The minimum absolute atomic E-state index is 0. The van der Waals surface area contributed by atoms with Crippen molar-refractivity contribution in [3.63, 3.8) is 0 Å². The lowest BCUT2D eigenvalue weighted by Crippen LogP contribution is -2.37. The fraction of sp³-hybridized carbons (Fsp3) is 0.727. The van der Waals surface area contributed by atoms with E-state index in [0.717, 1.165) is 12.5 Å². The third-order valence-corrected chi connectivity index (χ3v) is 3.47. The molecule has 0 saturated heterocycles. The summed E-state index contributed by atoms with van der Waals surface area (Å²) in [5, 5.41) is 6.16. The lowest BCUT2D eigenvalue weighted by atomic mass is 10.4. The Balaban J connectivity index is 0. The monoisotopic (exact) mass is 404 g/mol. The number of aliphatic imine (C=N–C) groups is 1. The van der Waals surface area contributed by atoms with Crippen molar-refractivity contribution in [2.24, 2.45) is 4.99 Å². The van der Waals surface area contributed by atoms with E-state index in [9.17, 15) is 8.42 Å². The van der Waals surface area contributed by atoms with Crippen molar-refractivity contribution in [1.29, 1.82) is 0 Å². The van der Waals surface area contributed by atoms with Crippen LogP contribution in [-0.4, -0.2) is 46.3 Å². The van der Waals surface area contributed by atoms with Gasteiger partial charge in [-0.15, -0.1) is 30.6 Å². The third kappa shape index (κ3) is 12.4. The molecule has 8 heteroatoms. The van der Waals surface area contributed by atoms with Gasteiger partial charge < -0.3 is 10.6 Å². The molecular weight excluding hydrogens is 379 g/mol. The van der Waals surface area contributed by atoms with Crippen LogP contribution in [0.25, 0.3) is 0 Å². The first-order valence-corrected chi connectivity index (χ1v) is 7.81. The van der Waals surface area contributed by atoms with E-state index in [1.807, 2.05) is 6.92 Å². The van der Waals surface area contributed by atoms with Gasteiger partial charge in [0.25, 0.3) is 0 Å². The first-order valence-electron chi connectivity index (χ1n) is 6.16. The van der Waals surface area contributed by atoms with Crippen LogP contribution in [0.5, 0.6) is 0 Å². The van der Waals surface area contributed by atoms with E-state index in [1.54, 1.807) is 13.0 Å². The molecule has 6 nitrogen and oxygen atoms in total. The highest BCUT2D eigenvalue weighted by molar-refractivity contribution is 14.0. The Hall–Kier alpha value is -0.350. The van der Waals surface area contributed by atoms with Crippen molar-refractivity contribution < 1.29 is 8.42 Å². The number of hydrogen-bond acceptors (Lipinski definition) is 3. The molecule has 0 radical (unpaired) electrons. The number of nitrogens with zero attached hydrogens (tertiary/aromatic N) is 1. The number of sulfonamides is 1. The highest BCUT2D eigenvalue weighted by Gasteiger charge is 2.03. The highest BCUT2D eigenvalue weighted by Crippen LogP contribution is 1.85. The van der Waals surface area contributed by atoms with Gasteiger partial charge in [-0.25, -0.2) is 13.1 Å². The van der Waals surface area contributed by atoms with Crippen LogP contribution >= 0.6 is 24.0 Å². The third-order valence-electron chi connectivity index (χ3n) is 2.06. The van der Waals surface area contributed by atoms with Crippen LogP contribution in [0.15, 0.2) is 17.6 Å². The van der Waals surface area contributed by atoms with Crippen LogP contribution in [0.2, 0.25) is 0 Å². The molecule has 0 fully saturated rings. The molecular formula is C11H25IN4O2S. The summed E-state index contributed by atoms with van der Waals surface area (Å²) in [5.41, 5.74) is 0. The zero-order valence-corrected chi connectivity index (χ0v) is 14.8. The number of rotatable bonds is 9. The molecule has 0 unspecified atom stereocenters. The molecule has 0 aliphatic carbocycles. The fourth-order valence-corrected chi connectivity index (χ4v) is 1.77. The molecule has 3 N–H and O–H groups in total. The molecule has 0 aromatic carbocycles. The molecule has 19 heavy (non-hydrogen) atoms. The van der Waals surface area contributed by atoms with Crippen LogP contribution in [0.4, 0.5) is 0 Å². The summed E-state index contributed by atoms with van der Waals surface area (Å²) in [7, 11) is -3.09. The van der Waals surface area contributed by atoms with E-state index in [0.29, 0.717) is 26.1 Å². The van der Waals surface area contributed by atoms with Gasteiger partial charge in [0.05, 0.1) is 5.75 Å². The van der Waals surface area contributed by atoms with E-state index >= 15 is 0 Å². The maximum absolute atomic E-state index is 11.2. The lowest BCUT2D eigenvalue weighted by Gasteiger charge is -2.09. The van der Waals surface area contributed by atoms with Gasteiger partial charge in [0.15, 0.2) is 5.96 Å². The molecule has 0 aliphatic rings. The predicted molar refractivity (Wildman–Crippen MR) is 91.7 cm³/mol. The van der Waals surface area contributed by atoms with Crippen molar-refractivity contribution >= 4 is 40.0 Å². The molecule has 0 bridgehead atoms. The predicted octanol–water partition coefficient (Wildman–Crippen LogP) is 0.675. The smallest absolute Gasteiger partial charge is 0.211 e. The molecule has 0 spiro atoms. The average Bonchev–Trinajstić information content (AvgIpc) is 2.35. The van der Waals surface area contributed by atoms with Gasteiger partial charge in [-0.05, 0) is 20.3 Å². The van der Waals surface area contributed by atoms with E-state index in [2.05, 4.69) is 26.9 Å². The fourth-order valence-electron chi connectivity index (χ4n) is 1.11. The molecule has 0 rings (SSSR count). The molecule has 0 amide bonds. The Labute approximate surface area is 133 Å². The molecule has 0 aliphatic heterocycles. The Morgan fingerprint density at radius 2 is 2.00 bits per heavy atom. The van der Waals surface area contributed by atoms with Crippen LogP contribution in [0.1, 0.15) is 20.3 Å². The first kappa shape index (κ1) is 21.0. The lowest BCUT2D eigenvalue weighted by molar-refractivity contribution is 0.581. The summed E-state index contributed by atoms with van der Waals surface area (Å²) in [5.74, 6) is 0.829. The van der Waals surface area contributed by atoms with Crippen LogP contribution in [-0.2, 0) is 10.0 Å². The second-order valence-corrected chi connectivity index (χ2v) is 5.68. The second kappa shape index (κ2) is 12.7. The number of guanidine groups is 1. The average molecular weight is 404 g/mol. The summed E-state index contributed by atoms with van der Waals surface area (Å²) < 4.78 is 24.8. The van der Waals surface area contributed by atoms with Crippen molar-refractivity contribution in [2.45, 2.75) is 20.3 Å². The van der Waals surface area contributed by atoms with E-state index in [4.69, 9.17) is 0 Å². The maximum Gasteiger partial charge on any atom is 0.211 e. The topological polar surface area (TPSA) is 82.6 Å². The van der Waals surface area contributed by atoms with Gasteiger partial charge in [0.2, 0.25) is 10.0 Å². The molecule has 0 aromatic rings. The first-order chi connectivity index (χ1) is 8.55. The Kier molecular flexibility index (Phi) is 14.0. The van der Waals surface area contributed by atoms with Crippen molar-refractivity contribution in [3.8, 4) is 0 Å². The van der Waals surface area contributed by atoms with Gasteiger partial charge in [-0.3, -0.25) is 4.99 Å². The molecule has 0 saturated carbocycles. The normalized spacial score (nSPS) is 11.6. The van der Waals surface area contributed by atoms with Gasteiger partial charge in [0.1, 0.15) is 0 Å². The van der Waals surface area contributed by atoms with Crippen LogP contribution in [0, 0.1) is 0 Å². The van der Waals surface area contributed by atoms with Crippen LogP contribution < -0.4 is 15.4 Å². The molecule has 0 aromatic heterocycles. The Bertz CT molecular complexity index is 358. The quantitative estimate of drug-likeness (QED) is 0.174. The number of halogens is 1. The largest absolute Gasteiger partial charge is 0.357 e. The second-order valence-electron chi connectivity index (χ2n) is 3.58. The van der Waals surface area contributed by atoms with E-state index in [-0.39, 0.29) is 29.7 Å². The van der Waals surface area contributed by atoms with Gasteiger partial charge >= 0.3 is 0 Å². The molecule has 0 atom stereocenters.